The van der Waals surface area contributed by atoms with Gasteiger partial charge < -0.3 is 10.5 Å². The molecule has 1 saturated carbocycles. The van der Waals surface area contributed by atoms with Crippen molar-refractivity contribution in [2.24, 2.45) is 11.7 Å². The van der Waals surface area contributed by atoms with Gasteiger partial charge in [-0.15, -0.1) is 0 Å². The molecule has 2 fully saturated rings. The molecule has 2 unspecified atom stereocenters. The van der Waals surface area contributed by atoms with Crippen LogP contribution >= 0.6 is 11.6 Å². The zero-order valence-electron chi connectivity index (χ0n) is 10.2. The van der Waals surface area contributed by atoms with Gasteiger partial charge in [0.2, 0.25) is 0 Å². The molecule has 1 heterocycles. The first-order valence-electron chi connectivity index (χ1n) is 6.43. The largest absolute Gasteiger partial charge is 0.376 e. The van der Waals surface area contributed by atoms with Gasteiger partial charge in [0.25, 0.3) is 0 Å². The molecule has 2 atom stereocenters. The van der Waals surface area contributed by atoms with Crippen LogP contribution in [-0.4, -0.2) is 18.2 Å². The van der Waals surface area contributed by atoms with Crippen LogP contribution in [0.3, 0.4) is 0 Å². The third kappa shape index (κ3) is 2.15. The Morgan fingerprint density at radius 3 is 2.94 bits per heavy atom. The van der Waals surface area contributed by atoms with Crippen LogP contribution in [0.2, 0.25) is 5.02 Å². The lowest BCUT2D eigenvalue weighted by molar-refractivity contribution is 0.0624. The lowest BCUT2D eigenvalue weighted by Gasteiger charge is -2.30. The van der Waals surface area contributed by atoms with E-state index in [0.717, 1.165) is 6.42 Å². The van der Waals surface area contributed by atoms with Crippen LogP contribution in [0.5, 0.6) is 0 Å². The number of ether oxygens (including phenoxy) is 1. The third-order valence-electron chi connectivity index (χ3n) is 4.03. The molecule has 0 spiro atoms. The Morgan fingerprint density at radius 1 is 1.44 bits per heavy atom. The van der Waals surface area contributed by atoms with Crippen LogP contribution in [0.1, 0.15) is 24.8 Å². The minimum atomic E-state index is -0.438. The molecule has 18 heavy (non-hydrogen) atoms. The molecule has 1 aromatic rings. The molecule has 0 bridgehead atoms. The van der Waals surface area contributed by atoms with E-state index in [1.165, 1.54) is 12.8 Å². The van der Waals surface area contributed by atoms with Crippen molar-refractivity contribution in [3.8, 4) is 0 Å². The highest BCUT2D eigenvalue weighted by Gasteiger charge is 2.48. The summed E-state index contributed by atoms with van der Waals surface area (Å²) in [7, 11) is 0. The van der Waals surface area contributed by atoms with Crippen LogP contribution in [0.4, 0.5) is 4.39 Å². The van der Waals surface area contributed by atoms with Crippen molar-refractivity contribution in [3.05, 3.63) is 34.6 Å². The van der Waals surface area contributed by atoms with E-state index < -0.39 is 5.54 Å². The van der Waals surface area contributed by atoms with Crippen LogP contribution in [-0.2, 0) is 11.2 Å². The standard InChI is InChI=1S/C14H17ClFNO/c15-11-3-1-2-10(12(11)16)8-14(17)6-7-18-13(14)9-4-5-9/h1-3,9,13H,4-8,17H2. The second-order valence-electron chi connectivity index (χ2n) is 5.50. The Bertz CT molecular complexity index is 463. The molecule has 0 aromatic heterocycles. The number of rotatable bonds is 3. The summed E-state index contributed by atoms with van der Waals surface area (Å²) in [6, 6.07) is 5.09. The molecule has 98 valence electrons. The third-order valence-corrected chi connectivity index (χ3v) is 4.32. The highest BCUT2D eigenvalue weighted by Crippen LogP contribution is 2.43. The highest BCUT2D eigenvalue weighted by atomic mass is 35.5. The minimum absolute atomic E-state index is 0.0795. The van der Waals surface area contributed by atoms with Gasteiger partial charge in [0.1, 0.15) is 5.82 Å². The number of nitrogens with two attached hydrogens (primary N) is 1. The lowest BCUT2D eigenvalue weighted by atomic mass is 9.83. The van der Waals surface area contributed by atoms with Crippen LogP contribution in [0.25, 0.3) is 0 Å². The SMILES string of the molecule is NC1(Cc2cccc(Cl)c2F)CCOC1C1CC1. The molecule has 1 aromatic carbocycles. The van der Waals surface area contributed by atoms with E-state index in [2.05, 4.69) is 0 Å². The van der Waals surface area contributed by atoms with Crippen molar-refractivity contribution in [1.29, 1.82) is 0 Å². The van der Waals surface area contributed by atoms with E-state index in [4.69, 9.17) is 22.1 Å². The van der Waals surface area contributed by atoms with Gasteiger partial charge in [0, 0.05) is 12.1 Å². The van der Waals surface area contributed by atoms with E-state index in [-0.39, 0.29) is 16.9 Å². The molecule has 2 aliphatic rings. The van der Waals surface area contributed by atoms with Crippen LogP contribution in [0.15, 0.2) is 18.2 Å². The number of hydrogen-bond acceptors (Lipinski definition) is 2. The van der Waals surface area contributed by atoms with Gasteiger partial charge in [0.15, 0.2) is 0 Å². The van der Waals surface area contributed by atoms with E-state index in [0.29, 0.717) is 24.5 Å². The fraction of sp³-hybridized carbons (Fsp3) is 0.571. The van der Waals surface area contributed by atoms with Crippen molar-refractivity contribution in [3.63, 3.8) is 0 Å². The number of benzene rings is 1. The Morgan fingerprint density at radius 2 is 2.22 bits per heavy atom. The molecule has 0 amide bonds. The van der Waals surface area contributed by atoms with E-state index in [9.17, 15) is 4.39 Å². The maximum atomic E-state index is 13.9. The molecule has 4 heteroatoms. The van der Waals surface area contributed by atoms with Gasteiger partial charge in [-0.1, -0.05) is 23.7 Å². The van der Waals surface area contributed by atoms with Crippen LogP contribution in [0, 0.1) is 11.7 Å². The summed E-state index contributed by atoms with van der Waals surface area (Å²) in [5.41, 5.74) is 6.62. The first-order valence-corrected chi connectivity index (χ1v) is 6.81. The number of halogens is 2. The Balaban J connectivity index is 1.84. The summed E-state index contributed by atoms with van der Waals surface area (Å²) in [5.74, 6) is 0.227. The molecular weight excluding hydrogens is 253 g/mol. The maximum absolute atomic E-state index is 13.9. The Kier molecular flexibility index (Phi) is 3.08. The molecule has 1 aliphatic carbocycles. The molecule has 1 saturated heterocycles. The zero-order valence-corrected chi connectivity index (χ0v) is 10.9. The zero-order chi connectivity index (χ0) is 12.8. The smallest absolute Gasteiger partial charge is 0.145 e. The van der Waals surface area contributed by atoms with Crippen molar-refractivity contribution < 1.29 is 9.13 Å². The van der Waals surface area contributed by atoms with Gasteiger partial charge in [-0.2, -0.15) is 0 Å². The summed E-state index contributed by atoms with van der Waals surface area (Å²) in [5, 5.41) is 0.165. The molecule has 0 radical (unpaired) electrons. The maximum Gasteiger partial charge on any atom is 0.145 e. The first-order chi connectivity index (χ1) is 8.60. The summed E-state index contributed by atoms with van der Waals surface area (Å²) in [6.45, 7) is 0.680. The Hall–Kier alpha value is -0.640. The van der Waals surface area contributed by atoms with Gasteiger partial charge in [0.05, 0.1) is 11.1 Å². The van der Waals surface area contributed by atoms with Gasteiger partial charge >= 0.3 is 0 Å². The van der Waals surface area contributed by atoms with Crippen molar-refractivity contribution in [2.45, 2.75) is 37.3 Å². The molecular formula is C14H17ClFNO. The monoisotopic (exact) mass is 269 g/mol. The summed E-state index contributed by atoms with van der Waals surface area (Å²) >= 11 is 5.81. The second kappa shape index (κ2) is 4.48. The van der Waals surface area contributed by atoms with Crippen molar-refractivity contribution in [1.82, 2.24) is 0 Å². The van der Waals surface area contributed by atoms with E-state index >= 15 is 0 Å². The molecule has 2 N–H and O–H groups in total. The molecule has 1 aliphatic heterocycles. The number of hydrogen-bond donors (Lipinski definition) is 1. The normalized spacial score (nSPS) is 31.8. The second-order valence-corrected chi connectivity index (χ2v) is 5.91. The molecule has 3 rings (SSSR count). The fourth-order valence-electron chi connectivity index (χ4n) is 2.92. The average Bonchev–Trinajstić information content (AvgIpc) is 3.10. The van der Waals surface area contributed by atoms with Crippen molar-refractivity contribution in [2.75, 3.05) is 6.61 Å². The topological polar surface area (TPSA) is 35.2 Å². The minimum Gasteiger partial charge on any atom is -0.376 e. The quantitative estimate of drug-likeness (QED) is 0.916. The van der Waals surface area contributed by atoms with E-state index in [1.54, 1.807) is 18.2 Å². The average molecular weight is 270 g/mol. The predicted molar refractivity (Wildman–Crippen MR) is 69.1 cm³/mol. The summed E-state index contributed by atoms with van der Waals surface area (Å²) in [6.07, 6.45) is 3.74. The fourth-order valence-corrected chi connectivity index (χ4v) is 3.11. The first kappa shape index (κ1) is 12.4. The van der Waals surface area contributed by atoms with Gasteiger partial charge in [-0.3, -0.25) is 0 Å². The molecule has 2 nitrogen and oxygen atoms in total. The van der Waals surface area contributed by atoms with Gasteiger partial charge in [-0.25, -0.2) is 4.39 Å². The predicted octanol–water partition coefficient (Wildman–Crippen LogP) is 2.92. The van der Waals surface area contributed by atoms with Crippen LogP contribution < -0.4 is 5.73 Å². The van der Waals surface area contributed by atoms with Gasteiger partial charge in [-0.05, 0) is 43.2 Å². The lowest BCUT2D eigenvalue weighted by Crippen LogP contribution is -2.50. The van der Waals surface area contributed by atoms with E-state index in [1.807, 2.05) is 0 Å². The van der Waals surface area contributed by atoms with Crippen molar-refractivity contribution >= 4 is 11.6 Å². The summed E-state index contributed by atoms with van der Waals surface area (Å²) in [4.78, 5) is 0. The Labute approximate surface area is 111 Å². The summed E-state index contributed by atoms with van der Waals surface area (Å²) < 4.78 is 19.7. The highest BCUT2D eigenvalue weighted by molar-refractivity contribution is 6.30.